The summed E-state index contributed by atoms with van der Waals surface area (Å²) in [4.78, 5) is 14.1. The topological polar surface area (TPSA) is 146 Å². The second-order valence-corrected chi connectivity index (χ2v) is 17.4. The molecular formula is C40H59NO11. The highest BCUT2D eigenvalue weighted by atomic mass is 16.8. The predicted molar refractivity (Wildman–Crippen MR) is 186 cm³/mol. The van der Waals surface area contributed by atoms with Gasteiger partial charge < -0.3 is 53.5 Å². The van der Waals surface area contributed by atoms with Crippen molar-refractivity contribution in [3.63, 3.8) is 0 Å². The molecule has 0 aromatic carbocycles. The third-order valence-corrected chi connectivity index (χ3v) is 14.0. The minimum Gasteiger partial charge on any atom is -0.392 e. The second kappa shape index (κ2) is 14.3. The van der Waals surface area contributed by atoms with Crippen LogP contribution in [0.3, 0.4) is 0 Å². The molecular weight excluding hydrogens is 670 g/mol. The summed E-state index contributed by atoms with van der Waals surface area (Å²) in [5.74, 6) is -0.619. The maximum absolute atomic E-state index is 14.1. The van der Waals surface area contributed by atoms with Crippen molar-refractivity contribution in [2.45, 2.75) is 194 Å². The normalized spacial score (nSPS) is 52.4. The van der Waals surface area contributed by atoms with Gasteiger partial charge in [-0.05, 0) is 62.0 Å². The van der Waals surface area contributed by atoms with Gasteiger partial charge in [0.05, 0.1) is 67.1 Å². The van der Waals surface area contributed by atoms with Crippen LogP contribution in [-0.4, -0.2) is 128 Å². The number of ketones is 1. The van der Waals surface area contributed by atoms with E-state index >= 15 is 0 Å². The molecule has 10 aliphatic rings. The maximum atomic E-state index is 14.1. The summed E-state index contributed by atoms with van der Waals surface area (Å²) >= 11 is 0. The SMILES string of the molecule is C=C1C[C@@H]2CCC34C[C@H]5O[C@@H]6C(O[C@H]7CC[C@H](CC(=O)C[C@@H]8[C@@H](OC)[C@@H](C[C@H](O)CN)O[C@H]8C[C@H]8O[C@@H](CC[C@@H]1O2)C[C@@H](C)C8=C)O[C@@H]7[C@@H]6O3)[C@H]5O4. The summed E-state index contributed by atoms with van der Waals surface area (Å²) in [6.07, 6.45) is 4.85. The summed E-state index contributed by atoms with van der Waals surface area (Å²) < 4.78 is 60.0. The van der Waals surface area contributed by atoms with Crippen LogP contribution < -0.4 is 5.73 Å². The van der Waals surface area contributed by atoms with Gasteiger partial charge in [-0.25, -0.2) is 0 Å². The van der Waals surface area contributed by atoms with Crippen LogP contribution in [0.5, 0.6) is 0 Å². The Morgan fingerprint density at radius 1 is 0.808 bits per heavy atom. The average molecular weight is 730 g/mol. The van der Waals surface area contributed by atoms with Crippen LogP contribution in [0.25, 0.3) is 0 Å². The number of rotatable bonds is 4. The van der Waals surface area contributed by atoms with Crippen LogP contribution >= 0.6 is 0 Å². The Bertz CT molecular complexity index is 1380. The molecule has 10 rings (SSSR count). The zero-order valence-electron chi connectivity index (χ0n) is 30.8. The molecule has 12 nitrogen and oxygen atoms in total. The number of carbonyl (C=O) groups excluding carboxylic acids is 1. The Balaban J connectivity index is 0.994. The number of nitrogens with two attached hydrogens (primary N) is 1. The van der Waals surface area contributed by atoms with Gasteiger partial charge in [-0.2, -0.15) is 0 Å². The minimum atomic E-state index is -0.780. The molecule has 12 heteroatoms. The monoisotopic (exact) mass is 729 g/mol. The second-order valence-electron chi connectivity index (χ2n) is 17.4. The van der Waals surface area contributed by atoms with Crippen LogP contribution in [-0.2, 0) is 47.4 Å². The molecule has 0 amide bonds. The van der Waals surface area contributed by atoms with E-state index < -0.39 is 18.0 Å². The molecule has 0 aromatic heterocycles. The highest BCUT2D eigenvalue weighted by molar-refractivity contribution is 5.79. The van der Waals surface area contributed by atoms with E-state index in [4.69, 9.17) is 48.4 Å². The van der Waals surface area contributed by atoms with E-state index in [1.54, 1.807) is 7.11 Å². The van der Waals surface area contributed by atoms with Gasteiger partial charge in [0, 0.05) is 58.1 Å². The number of fused-ring (bicyclic) bond motifs is 6. The summed E-state index contributed by atoms with van der Waals surface area (Å²) in [5.41, 5.74) is 8.01. The van der Waals surface area contributed by atoms with E-state index in [0.29, 0.717) is 25.7 Å². The fourth-order valence-electron chi connectivity index (χ4n) is 11.3. The molecule has 2 unspecified atom stereocenters. The Morgan fingerprint density at radius 2 is 1.56 bits per heavy atom. The van der Waals surface area contributed by atoms with Crippen molar-refractivity contribution in [1.82, 2.24) is 0 Å². The van der Waals surface area contributed by atoms with Crippen molar-refractivity contribution in [2.24, 2.45) is 17.6 Å². The fourth-order valence-corrected chi connectivity index (χ4v) is 11.3. The van der Waals surface area contributed by atoms with Gasteiger partial charge >= 0.3 is 0 Å². The molecule has 10 heterocycles. The molecule has 12 bridgehead atoms. The number of carbonyl (C=O) groups is 1. The average Bonchev–Trinajstić information content (AvgIpc) is 3.79. The van der Waals surface area contributed by atoms with E-state index in [0.717, 1.165) is 56.1 Å². The molecule has 290 valence electrons. The van der Waals surface area contributed by atoms with Gasteiger partial charge in [0.15, 0.2) is 5.79 Å². The number of hydrogen-bond donors (Lipinski definition) is 2. The number of ether oxygens (including phenoxy) is 9. The molecule has 1 spiro atoms. The fraction of sp³-hybridized carbons (Fsp3) is 0.875. The van der Waals surface area contributed by atoms with E-state index in [2.05, 4.69) is 20.1 Å². The zero-order valence-corrected chi connectivity index (χ0v) is 30.8. The number of hydrogen-bond acceptors (Lipinski definition) is 12. The van der Waals surface area contributed by atoms with Gasteiger partial charge in [-0.3, -0.25) is 4.79 Å². The van der Waals surface area contributed by atoms with Gasteiger partial charge in [0.25, 0.3) is 0 Å². The smallest absolute Gasteiger partial charge is 0.172 e. The van der Waals surface area contributed by atoms with E-state index in [1.165, 1.54) is 0 Å². The summed E-state index contributed by atoms with van der Waals surface area (Å²) in [6.45, 7) is 11.3. The van der Waals surface area contributed by atoms with Gasteiger partial charge in [0.2, 0.25) is 0 Å². The minimum absolute atomic E-state index is 0.0158. The molecule has 0 saturated carbocycles. The van der Waals surface area contributed by atoms with Crippen LogP contribution in [0.4, 0.5) is 0 Å². The quantitative estimate of drug-likeness (QED) is 0.409. The molecule has 3 N–H and O–H groups in total. The first-order valence-corrected chi connectivity index (χ1v) is 20.2. The van der Waals surface area contributed by atoms with Crippen LogP contribution in [0.15, 0.2) is 24.3 Å². The van der Waals surface area contributed by atoms with Gasteiger partial charge in [0.1, 0.15) is 36.3 Å². The summed E-state index contributed by atoms with van der Waals surface area (Å²) in [7, 11) is 1.66. The first kappa shape index (κ1) is 36.4. The van der Waals surface area contributed by atoms with Crippen LogP contribution in [0.1, 0.15) is 90.4 Å². The first-order chi connectivity index (χ1) is 25.1. The zero-order chi connectivity index (χ0) is 35.9. The van der Waals surface area contributed by atoms with Crippen LogP contribution in [0, 0.1) is 11.8 Å². The van der Waals surface area contributed by atoms with Gasteiger partial charge in [-0.15, -0.1) is 0 Å². The molecule has 0 radical (unpaired) electrons. The predicted octanol–water partition coefficient (Wildman–Crippen LogP) is 3.44. The van der Waals surface area contributed by atoms with Crippen LogP contribution in [0.2, 0.25) is 0 Å². The molecule has 19 atom stereocenters. The largest absolute Gasteiger partial charge is 0.392 e. The molecule has 10 fully saturated rings. The lowest BCUT2D eigenvalue weighted by atomic mass is 9.81. The van der Waals surface area contributed by atoms with E-state index in [1.807, 2.05) is 0 Å². The number of methoxy groups -OCH3 is 1. The lowest BCUT2D eigenvalue weighted by Gasteiger charge is -2.47. The Morgan fingerprint density at radius 3 is 2.38 bits per heavy atom. The van der Waals surface area contributed by atoms with Crippen molar-refractivity contribution in [3.05, 3.63) is 24.3 Å². The molecule has 10 aliphatic heterocycles. The maximum Gasteiger partial charge on any atom is 0.172 e. The van der Waals surface area contributed by atoms with Crippen molar-refractivity contribution >= 4 is 5.78 Å². The summed E-state index contributed by atoms with van der Waals surface area (Å²) in [5, 5.41) is 10.5. The van der Waals surface area contributed by atoms with Crippen molar-refractivity contribution < 1.29 is 52.5 Å². The Hall–Kier alpha value is -1.29. The van der Waals surface area contributed by atoms with Crippen molar-refractivity contribution in [3.8, 4) is 0 Å². The molecule has 0 aromatic rings. The standard InChI is InChI=1S/C40H59NO11/c1-19-11-24-5-7-28-20(2)12-26(45-28)9-10-40-17-33-36(51-40)37-38(50-33)39(52-40)35-29(49-37)8-6-25(47-35)13-22(42)14-27-31(16-30(46-24)21(19)3)48-32(34(27)44-4)15-23(43)18-41/h19,23-39,43H,2-3,5-18,41H2,1,4H3/t19-,23+,24+,25-,26+,27+,28+,29+,30-,31+,32-,33-,34-,35+,36+,37?,38-,39+,40?/m1/s1. The Kier molecular flexibility index (Phi) is 10.0. The molecule has 52 heavy (non-hydrogen) atoms. The summed E-state index contributed by atoms with van der Waals surface area (Å²) in [6, 6.07) is 0. The van der Waals surface area contributed by atoms with Crippen molar-refractivity contribution in [2.75, 3.05) is 13.7 Å². The highest BCUT2D eigenvalue weighted by Gasteiger charge is 2.68. The van der Waals surface area contributed by atoms with Gasteiger partial charge in [-0.1, -0.05) is 20.1 Å². The Labute approximate surface area is 307 Å². The number of aliphatic hydroxyl groups is 1. The lowest BCUT2D eigenvalue weighted by molar-refractivity contribution is -0.292. The molecule has 0 aliphatic carbocycles. The first-order valence-electron chi connectivity index (χ1n) is 20.2. The lowest BCUT2D eigenvalue weighted by Crippen LogP contribution is -2.61. The third-order valence-electron chi connectivity index (χ3n) is 14.0. The van der Waals surface area contributed by atoms with Crippen molar-refractivity contribution in [1.29, 1.82) is 0 Å². The van der Waals surface area contributed by atoms with E-state index in [9.17, 15) is 9.90 Å². The number of aliphatic hydroxyl groups excluding tert-OH is 1. The highest BCUT2D eigenvalue weighted by Crippen LogP contribution is 2.54. The van der Waals surface area contributed by atoms with E-state index in [-0.39, 0.29) is 122 Å². The number of Topliss-reactive ketones (excluding diaryl/α,β-unsaturated/α-hetero) is 1. The third kappa shape index (κ3) is 6.59. The molecule has 10 saturated heterocycles.